The number of halogens is 1. The van der Waals surface area contributed by atoms with Crippen molar-refractivity contribution in [1.29, 1.82) is 0 Å². The number of aromatic carboxylic acids is 1. The number of hydrogen-bond acceptors (Lipinski definition) is 5. The fourth-order valence-corrected chi connectivity index (χ4v) is 4.59. The van der Waals surface area contributed by atoms with Crippen LogP contribution in [-0.4, -0.2) is 33.6 Å². The topological polar surface area (TPSA) is 83.1 Å². The zero-order valence-electron chi connectivity index (χ0n) is 18.9. The maximum atomic E-state index is 13.2. The van der Waals surface area contributed by atoms with Crippen LogP contribution in [0.1, 0.15) is 35.5 Å². The highest BCUT2D eigenvalue weighted by Gasteiger charge is 2.34. The Morgan fingerprint density at radius 2 is 1.91 bits per heavy atom. The Labute approximate surface area is 206 Å². The Kier molecular flexibility index (Phi) is 6.95. The van der Waals surface area contributed by atoms with Crippen LogP contribution in [0, 0.1) is 12.8 Å². The van der Waals surface area contributed by atoms with Crippen LogP contribution in [0.25, 0.3) is 17.4 Å². The van der Waals surface area contributed by atoms with E-state index in [4.69, 9.17) is 21.0 Å². The molecule has 0 spiro atoms. The van der Waals surface area contributed by atoms with Crippen LogP contribution >= 0.6 is 23.4 Å². The molecule has 3 aromatic rings. The molecule has 1 amide bonds. The minimum atomic E-state index is -1.11. The van der Waals surface area contributed by atoms with Gasteiger partial charge in [-0.25, -0.2) is 9.79 Å². The van der Waals surface area contributed by atoms with Crippen LogP contribution in [0.2, 0.25) is 5.02 Å². The van der Waals surface area contributed by atoms with Crippen LogP contribution in [0.5, 0.6) is 0 Å². The molecule has 1 aliphatic heterocycles. The number of carboxylic acid groups (broad SMARTS) is 1. The Balaban J connectivity index is 1.63. The molecule has 0 unspecified atom stereocenters. The number of benzene rings is 2. The number of amidine groups is 1. The highest BCUT2D eigenvalue weighted by molar-refractivity contribution is 8.18. The largest absolute Gasteiger partial charge is 0.478 e. The van der Waals surface area contributed by atoms with E-state index in [1.165, 1.54) is 23.9 Å². The smallest absolute Gasteiger partial charge is 0.337 e. The van der Waals surface area contributed by atoms with E-state index in [1.807, 2.05) is 31.2 Å². The van der Waals surface area contributed by atoms with Gasteiger partial charge < -0.3 is 9.52 Å². The van der Waals surface area contributed by atoms with Crippen LogP contribution in [0.3, 0.4) is 0 Å². The van der Waals surface area contributed by atoms with Gasteiger partial charge >= 0.3 is 5.97 Å². The average molecular weight is 495 g/mol. The quantitative estimate of drug-likeness (QED) is 0.378. The van der Waals surface area contributed by atoms with E-state index in [-0.39, 0.29) is 22.4 Å². The lowest BCUT2D eigenvalue weighted by molar-refractivity contribution is -0.122. The first-order chi connectivity index (χ1) is 16.2. The normalized spacial score (nSPS) is 16.3. The van der Waals surface area contributed by atoms with E-state index >= 15 is 0 Å². The number of nitrogens with zero attached hydrogens (tertiary/aromatic N) is 2. The highest BCUT2D eigenvalue weighted by Crippen LogP contribution is 2.36. The molecule has 1 fully saturated rings. The van der Waals surface area contributed by atoms with Gasteiger partial charge in [0.05, 0.1) is 21.2 Å². The van der Waals surface area contributed by atoms with E-state index in [2.05, 4.69) is 13.8 Å². The number of carboxylic acids is 1. The molecule has 0 aliphatic carbocycles. The van der Waals surface area contributed by atoms with Crippen molar-refractivity contribution in [3.8, 4) is 11.3 Å². The number of rotatable bonds is 6. The number of amides is 1. The molecule has 0 saturated carbocycles. The number of furan rings is 1. The van der Waals surface area contributed by atoms with E-state index in [0.717, 1.165) is 11.3 Å². The molecule has 6 nitrogen and oxygen atoms in total. The molecule has 1 saturated heterocycles. The SMILES string of the molecule is Cc1ccc(N=C2S/C(=C/c3ccc(-c4ccc(Cl)c(C(=O)O)c4)o3)C(=O)N2CC(C)C)cc1. The summed E-state index contributed by atoms with van der Waals surface area (Å²) in [5.41, 5.74) is 2.51. The number of aryl methyl sites for hydroxylation is 1. The van der Waals surface area contributed by atoms with Gasteiger partial charge in [0.25, 0.3) is 5.91 Å². The minimum absolute atomic E-state index is 0.00159. The van der Waals surface area contributed by atoms with Crippen LogP contribution in [0.15, 0.2) is 68.9 Å². The second-order valence-electron chi connectivity index (χ2n) is 8.35. The molecule has 8 heteroatoms. The number of thioether (sulfide) groups is 1. The molecular formula is C26H23ClN2O4S. The highest BCUT2D eigenvalue weighted by atomic mass is 35.5. The summed E-state index contributed by atoms with van der Waals surface area (Å²) in [6.45, 7) is 6.68. The molecule has 1 aliphatic rings. The third-order valence-corrected chi connectivity index (χ3v) is 6.41. The predicted molar refractivity (Wildman–Crippen MR) is 137 cm³/mol. The van der Waals surface area contributed by atoms with Crippen molar-refractivity contribution < 1.29 is 19.1 Å². The van der Waals surface area contributed by atoms with E-state index in [9.17, 15) is 14.7 Å². The molecule has 0 bridgehead atoms. The van der Waals surface area contributed by atoms with Crippen LogP contribution in [0.4, 0.5) is 5.69 Å². The molecule has 2 heterocycles. The van der Waals surface area contributed by atoms with Gasteiger partial charge in [-0.05, 0) is 67.1 Å². The zero-order valence-corrected chi connectivity index (χ0v) is 20.5. The van der Waals surface area contributed by atoms with E-state index in [0.29, 0.717) is 33.7 Å². The first-order valence-corrected chi connectivity index (χ1v) is 11.9. The molecule has 2 aromatic carbocycles. The van der Waals surface area contributed by atoms with Crippen molar-refractivity contribution in [2.45, 2.75) is 20.8 Å². The van der Waals surface area contributed by atoms with Crippen molar-refractivity contribution in [3.05, 3.63) is 81.4 Å². The molecule has 0 radical (unpaired) electrons. The van der Waals surface area contributed by atoms with Crippen molar-refractivity contribution in [3.63, 3.8) is 0 Å². The Hall–Kier alpha value is -3.29. The molecule has 174 valence electrons. The van der Waals surface area contributed by atoms with Crippen molar-refractivity contribution in [1.82, 2.24) is 4.90 Å². The number of hydrogen-bond donors (Lipinski definition) is 1. The molecular weight excluding hydrogens is 472 g/mol. The summed E-state index contributed by atoms with van der Waals surface area (Å²) in [4.78, 5) is 31.5. The summed E-state index contributed by atoms with van der Waals surface area (Å²) in [6.07, 6.45) is 1.69. The van der Waals surface area contributed by atoms with Gasteiger partial charge in [-0.1, -0.05) is 43.1 Å². The monoisotopic (exact) mass is 494 g/mol. The molecule has 1 N–H and O–H groups in total. The van der Waals surface area contributed by atoms with Gasteiger partial charge in [-0.3, -0.25) is 9.69 Å². The number of aliphatic imine (C=N–C) groups is 1. The number of carbonyl (C=O) groups is 2. The summed E-state index contributed by atoms with van der Waals surface area (Å²) < 4.78 is 5.90. The van der Waals surface area contributed by atoms with Crippen LogP contribution in [-0.2, 0) is 4.79 Å². The van der Waals surface area contributed by atoms with Gasteiger partial charge in [-0.15, -0.1) is 0 Å². The fraction of sp³-hybridized carbons (Fsp3) is 0.192. The molecule has 1 aromatic heterocycles. The summed E-state index contributed by atoms with van der Waals surface area (Å²) in [7, 11) is 0. The standard InChI is InChI=1S/C26H23ClN2O4S/c1-15(2)14-29-24(30)23(34-26(29)28-18-7-4-16(3)5-8-18)13-19-9-11-22(33-19)17-6-10-21(27)20(12-17)25(31)32/h4-13,15H,14H2,1-3H3,(H,31,32)/b23-13+,28-26?. The van der Waals surface area contributed by atoms with Crippen molar-refractivity contribution >= 4 is 52.2 Å². The number of carbonyl (C=O) groups excluding carboxylic acids is 1. The first kappa shape index (κ1) is 23.9. The lowest BCUT2D eigenvalue weighted by atomic mass is 10.1. The van der Waals surface area contributed by atoms with Gasteiger partial charge in [-0.2, -0.15) is 0 Å². The van der Waals surface area contributed by atoms with Gasteiger partial charge in [0, 0.05) is 18.2 Å². The molecule has 4 rings (SSSR count). The fourth-order valence-electron chi connectivity index (χ4n) is 3.40. The van der Waals surface area contributed by atoms with Crippen molar-refractivity contribution in [2.75, 3.05) is 6.54 Å². The van der Waals surface area contributed by atoms with Crippen molar-refractivity contribution in [2.24, 2.45) is 10.9 Å². The van der Waals surface area contributed by atoms with E-state index < -0.39 is 5.97 Å². The Bertz CT molecular complexity index is 1310. The maximum Gasteiger partial charge on any atom is 0.337 e. The average Bonchev–Trinajstić information content (AvgIpc) is 3.36. The van der Waals surface area contributed by atoms with E-state index in [1.54, 1.807) is 29.2 Å². The minimum Gasteiger partial charge on any atom is -0.478 e. The lowest BCUT2D eigenvalue weighted by Crippen LogP contribution is -2.32. The first-order valence-electron chi connectivity index (χ1n) is 10.7. The third kappa shape index (κ3) is 5.26. The van der Waals surface area contributed by atoms with Gasteiger partial charge in [0.1, 0.15) is 11.5 Å². The summed E-state index contributed by atoms with van der Waals surface area (Å²) in [6, 6.07) is 16.0. The van der Waals surface area contributed by atoms with Gasteiger partial charge in [0.2, 0.25) is 0 Å². The third-order valence-electron chi connectivity index (χ3n) is 5.08. The Morgan fingerprint density at radius 1 is 1.18 bits per heavy atom. The summed E-state index contributed by atoms with van der Waals surface area (Å²) in [5.74, 6) is 0.00461. The zero-order chi connectivity index (χ0) is 24.4. The summed E-state index contributed by atoms with van der Waals surface area (Å²) in [5, 5.41) is 10.1. The van der Waals surface area contributed by atoms with Crippen LogP contribution < -0.4 is 0 Å². The summed E-state index contributed by atoms with van der Waals surface area (Å²) >= 11 is 7.27. The molecule has 0 atom stereocenters. The maximum absolute atomic E-state index is 13.2. The molecule has 34 heavy (non-hydrogen) atoms. The lowest BCUT2D eigenvalue weighted by Gasteiger charge is -2.17. The second-order valence-corrected chi connectivity index (χ2v) is 9.77. The van der Waals surface area contributed by atoms with Gasteiger partial charge in [0.15, 0.2) is 5.17 Å². The Morgan fingerprint density at radius 3 is 2.59 bits per heavy atom. The predicted octanol–water partition coefficient (Wildman–Crippen LogP) is 6.87. The second kappa shape index (κ2) is 9.91.